The van der Waals surface area contributed by atoms with Crippen LogP contribution in [0.25, 0.3) is 0 Å². The molecule has 1 aliphatic heterocycles. The summed E-state index contributed by atoms with van der Waals surface area (Å²) in [5, 5.41) is 2.92. The van der Waals surface area contributed by atoms with Crippen molar-refractivity contribution in [2.45, 2.75) is 45.3 Å². The quantitative estimate of drug-likeness (QED) is 0.844. The van der Waals surface area contributed by atoms with Gasteiger partial charge in [-0.15, -0.1) is 0 Å². The molecule has 0 saturated carbocycles. The lowest BCUT2D eigenvalue weighted by atomic mass is 10.0. The van der Waals surface area contributed by atoms with Crippen LogP contribution in [0.4, 0.5) is 10.5 Å². The fourth-order valence-electron chi connectivity index (χ4n) is 3.24. The molecular weight excluding hydrogens is 340 g/mol. The third-order valence-corrected chi connectivity index (χ3v) is 4.84. The molecule has 0 bridgehead atoms. The predicted molar refractivity (Wildman–Crippen MR) is 106 cm³/mol. The topological polar surface area (TPSA) is 58.6 Å². The Kier molecular flexibility index (Phi) is 6.12. The number of likely N-dealkylation sites (tertiary alicyclic amines) is 1. The molecule has 0 spiro atoms. The molecule has 1 N–H and O–H groups in total. The molecule has 5 nitrogen and oxygen atoms in total. The summed E-state index contributed by atoms with van der Waals surface area (Å²) in [5.41, 5.74) is 2.89. The number of nitrogens with one attached hydrogen (secondary N) is 1. The summed E-state index contributed by atoms with van der Waals surface area (Å²) < 4.78 is 5.39. The van der Waals surface area contributed by atoms with E-state index < -0.39 is 12.1 Å². The summed E-state index contributed by atoms with van der Waals surface area (Å²) >= 11 is 0. The number of nitrogens with zero attached hydrogens (tertiary/aromatic N) is 1. The highest BCUT2D eigenvalue weighted by Crippen LogP contribution is 2.22. The Morgan fingerprint density at radius 2 is 1.81 bits per heavy atom. The van der Waals surface area contributed by atoms with Crippen molar-refractivity contribution in [3.63, 3.8) is 0 Å². The van der Waals surface area contributed by atoms with Crippen LogP contribution in [0, 0.1) is 0 Å². The lowest BCUT2D eigenvalue weighted by Gasteiger charge is -2.23. The summed E-state index contributed by atoms with van der Waals surface area (Å²) in [6, 6.07) is 16.9. The normalized spacial score (nSPS) is 16.4. The van der Waals surface area contributed by atoms with Gasteiger partial charge in [0.2, 0.25) is 5.91 Å². The fourth-order valence-corrected chi connectivity index (χ4v) is 3.24. The maximum absolute atomic E-state index is 12.7. The van der Waals surface area contributed by atoms with Crippen molar-refractivity contribution in [2.75, 3.05) is 11.9 Å². The van der Waals surface area contributed by atoms with Crippen molar-refractivity contribution in [2.24, 2.45) is 0 Å². The van der Waals surface area contributed by atoms with E-state index in [1.54, 1.807) is 0 Å². The smallest absolute Gasteiger partial charge is 0.410 e. The second kappa shape index (κ2) is 8.71. The maximum Gasteiger partial charge on any atom is 0.410 e. The molecule has 1 unspecified atom stereocenters. The second-order valence-electron chi connectivity index (χ2n) is 7.16. The van der Waals surface area contributed by atoms with Gasteiger partial charge in [0.15, 0.2) is 0 Å². The van der Waals surface area contributed by atoms with E-state index in [0.717, 1.165) is 17.7 Å². The summed E-state index contributed by atoms with van der Waals surface area (Å²) in [5.74, 6) is 0.279. The van der Waals surface area contributed by atoms with Crippen molar-refractivity contribution in [3.8, 4) is 0 Å². The van der Waals surface area contributed by atoms with Gasteiger partial charge in [-0.05, 0) is 42.0 Å². The zero-order chi connectivity index (χ0) is 19.2. The molecule has 5 heteroatoms. The Bertz CT molecular complexity index is 772. The molecule has 2 aromatic carbocycles. The summed E-state index contributed by atoms with van der Waals surface area (Å²) in [6.45, 7) is 5.01. The largest absolute Gasteiger partial charge is 0.445 e. The van der Waals surface area contributed by atoms with Crippen LogP contribution in [0.1, 0.15) is 43.7 Å². The van der Waals surface area contributed by atoms with Crippen molar-refractivity contribution in [1.82, 2.24) is 4.90 Å². The zero-order valence-electron chi connectivity index (χ0n) is 15.9. The van der Waals surface area contributed by atoms with E-state index in [1.807, 2.05) is 54.6 Å². The van der Waals surface area contributed by atoms with Crippen LogP contribution in [-0.4, -0.2) is 29.5 Å². The minimum absolute atomic E-state index is 0.165. The second-order valence-corrected chi connectivity index (χ2v) is 7.16. The first-order chi connectivity index (χ1) is 13.0. The standard InChI is InChI=1S/C22H26N2O3/c1-16(2)18-10-12-19(13-11-18)23-21(25)20-9-6-14-24(20)22(26)27-15-17-7-4-3-5-8-17/h3-5,7-8,10-13,16,20H,6,9,14-15H2,1-2H3,(H,23,25). The highest BCUT2D eigenvalue weighted by Gasteiger charge is 2.35. The molecule has 1 aliphatic rings. The van der Waals surface area contributed by atoms with E-state index in [0.29, 0.717) is 18.9 Å². The van der Waals surface area contributed by atoms with Gasteiger partial charge < -0.3 is 10.1 Å². The van der Waals surface area contributed by atoms with Crippen molar-refractivity contribution in [1.29, 1.82) is 0 Å². The average molecular weight is 366 g/mol. The highest BCUT2D eigenvalue weighted by molar-refractivity contribution is 5.96. The third kappa shape index (κ3) is 4.88. The van der Waals surface area contributed by atoms with Gasteiger partial charge in [-0.2, -0.15) is 0 Å². The Hall–Kier alpha value is -2.82. The summed E-state index contributed by atoms with van der Waals surface area (Å²) in [6.07, 6.45) is 1.01. The van der Waals surface area contributed by atoms with Gasteiger partial charge in [0.05, 0.1) is 0 Å². The number of ether oxygens (including phenoxy) is 1. The molecule has 3 rings (SSSR count). The van der Waals surface area contributed by atoms with Crippen LogP contribution in [0.2, 0.25) is 0 Å². The van der Waals surface area contributed by atoms with Crippen molar-refractivity contribution < 1.29 is 14.3 Å². The molecule has 2 amide bonds. The zero-order valence-corrected chi connectivity index (χ0v) is 15.9. The van der Waals surface area contributed by atoms with Crippen LogP contribution >= 0.6 is 0 Å². The van der Waals surface area contributed by atoms with Gasteiger partial charge in [-0.25, -0.2) is 4.79 Å². The van der Waals surface area contributed by atoms with Gasteiger partial charge in [0, 0.05) is 12.2 Å². The molecule has 1 saturated heterocycles. The summed E-state index contributed by atoms with van der Waals surface area (Å²) in [4.78, 5) is 26.6. The average Bonchev–Trinajstić information content (AvgIpc) is 3.17. The molecule has 2 aromatic rings. The van der Waals surface area contributed by atoms with Crippen LogP contribution < -0.4 is 5.32 Å². The minimum Gasteiger partial charge on any atom is -0.445 e. The van der Waals surface area contributed by atoms with Gasteiger partial charge >= 0.3 is 6.09 Å². The molecule has 0 aromatic heterocycles. The minimum atomic E-state index is -0.488. The maximum atomic E-state index is 12.7. The van der Waals surface area contributed by atoms with Gasteiger partial charge in [-0.3, -0.25) is 9.69 Å². The molecular formula is C22H26N2O3. The van der Waals surface area contributed by atoms with Gasteiger partial charge in [0.1, 0.15) is 12.6 Å². The number of hydrogen-bond acceptors (Lipinski definition) is 3. The number of amides is 2. The molecule has 1 atom stereocenters. The van der Waals surface area contributed by atoms with E-state index >= 15 is 0 Å². The van der Waals surface area contributed by atoms with E-state index in [1.165, 1.54) is 10.5 Å². The van der Waals surface area contributed by atoms with Crippen molar-refractivity contribution >= 4 is 17.7 Å². The Morgan fingerprint density at radius 3 is 2.48 bits per heavy atom. The van der Waals surface area contributed by atoms with E-state index in [-0.39, 0.29) is 12.5 Å². The first-order valence-electron chi connectivity index (χ1n) is 9.42. The molecule has 27 heavy (non-hydrogen) atoms. The third-order valence-electron chi connectivity index (χ3n) is 4.84. The number of hydrogen-bond donors (Lipinski definition) is 1. The van der Waals surface area contributed by atoms with Crippen molar-refractivity contribution in [3.05, 3.63) is 65.7 Å². The number of benzene rings is 2. The summed E-state index contributed by atoms with van der Waals surface area (Å²) in [7, 11) is 0. The molecule has 142 valence electrons. The predicted octanol–water partition coefficient (Wildman–Crippen LogP) is 4.55. The Balaban J connectivity index is 1.57. The monoisotopic (exact) mass is 366 g/mol. The van der Waals surface area contributed by atoms with Crippen LogP contribution in [0.5, 0.6) is 0 Å². The lowest BCUT2D eigenvalue weighted by molar-refractivity contribution is -0.120. The first kappa shape index (κ1) is 19.0. The molecule has 1 heterocycles. The fraction of sp³-hybridized carbons (Fsp3) is 0.364. The van der Waals surface area contributed by atoms with Crippen LogP contribution in [-0.2, 0) is 16.1 Å². The van der Waals surface area contributed by atoms with Gasteiger partial charge in [-0.1, -0.05) is 56.3 Å². The Labute approximate surface area is 160 Å². The number of rotatable bonds is 5. The van der Waals surface area contributed by atoms with Crippen LogP contribution in [0.3, 0.4) is 0 Å². The highest BCUT2D eigenvalue weighted by atomic mass is 16.6. The molecule has 0 radical (unpaired) electrons. The van der Waals surface area contributed by atoms with E-state index in [9.17, 15) is 9.59 Å². The molecule has 1 fully saturated rings. The number of carbonyl (C=O) groups excluding carboxylic acids is 2. The lowest BCUT2D eigenvalue weighted by Crippen LogP contribution is -2.43. The number of carbonyl (C=O) groups is 2. The van der Waals surface area contributed by atoms with E-state index in [2.05, 4.69) is 19.2 Å². The SMILES string of the molecule is CC(C)c1ccc(NC(=O)C2CCCN2C(=O)OCc2ccccc2)cc1. The van der Waals surface area contributed by atoms with E-state index in [4.69, 9.17) is 4.74 Å². The molecule has 0 aliphatic carbocycles. The van der Waals surface area contributed by atoms with Crippen LogP contribution in [0.15, 0.2) is 54.6 Å². The van der Waals surface area contributed by atoms with Gasteiger partial charge in [0.25, 0.3) is 0 Å². The first-order valence-corrected chi connectivity index (χ1v) is 9.42. The Morgan fingerprint density at radius 1 is 1.11 bits per heavy atom. The number of anilines is 1.